The maximum Gasteiger partial charge on any atom is 0.274 e. The zero-order valence-corrected chi connectivity index (χ0v) is 15.2. The maximum absolute atomic E-state index is 12.5. The number of amides is 1. The van der Waals surface area contributed by atoms with E-state index >= 15 is 0 Å². The topological polar surface area (TPSA) is 66.9 Å². The highest BCUT2D eigenvalue weighted by molar-refractivity contribution is 6.03. The Morgan fingerprint density at radius 2 is 1.77 bits per heavy atom. The van der Waals surface area contributed by atoms with Crippen molar-refractivity contribution in [1.82, 2.24) is 9.97 Å². The third-order valence-corrected chi connectivity index (χ3v) is 4.35. The van der Waals surface area contributed by atoms with E-state index in [1.54, 1.807) is 12.3 Å². The maximum atomic E-state index is 12.5. The molecule has 0 unspecified atom stereocenters. The summed E-state index contributed by atoms with van der Waals surface area (Å²) in [6, 6.07) is 15.6. The number of hydrogen-bond donors (Lipinski definition) is 2. The number of aryl methyl sites for hydroxylation is 3. The molecule has 0 aliphatic heterocycles. The van der Waals surface area contributed by atoms with E-state index in [4.69, 9.17) is 0 Å². The van der Waals surface area contributed by atoms with Gasteiger partial charge in [0.15, 0.2) is 0 Å². The van der Waals surface area contributed by atoms with Gasteiger partial charge in [0.05, 0.1) is 0 Å². The zero-order valence-electron chi connectivity index (χ0n) is 15.2. The van der Waals surface area contributed by atoms with E-state index in [1.165, 1.54) is 16.7 Å². The van der Waals surface area contributed by atoms with Crippen molar-refractivity contribution in [3.8, 4) is 0 Å². The molecule has 1 aromatic heterocycles. The molecule has 5 nitrogen and oxygen atoms in total. The third-order valence-electron chi connectivity index (χ3n) is 4.35. The van der Waals surface area contributed by atoms with Crippen LogP contribution in [0.5, 0.6) is 0 Å². The smallest absolute Gasteiger partial charge is 0.274 e. The van der Waals surface area contributed by atoms with Crippen LogP contribution >= 0.6 is 0 Å². The van der Waals surface area contributed by atoms with Gasteiger partial charge in [-0.1, -0.05) is 30.3 Å². The van der Waals surface area contributed by atoms with E-state index < -0.39 is 0 Å². The van der Waals surface area contributed by atoms with Crippen LogP contribution in [0.1, 0.15) is 32.7 Å². The highest BCUT2D eigenvalue weighted by atomic mass is 16.1. The fraction of sp³-hybridized carbons (Fsp3) is 0.190. The number of benzene rings is 2. The van der Waals surface area contributed by atoms with Crippen LogP contribution < -0.4 is 10.6 Å². The molecule has 2 N–H and O–H groups in total. The van der Waals surface area contributed by atoms with Crippen molar-refractivity contribution in [2.75, 3.05) is 10.6 Å². The number of rotatable bonds is 5. The normalized spacial score (nSPS) is 10.4. The molecule has 0 saturated carbocycles. The number of carbonyl (C=O) groups excluding carboxylic acids is 1. The van der Waals surface area contributed by atoms with Crippen molar-refractivity contribution in [2.24, 2.45) is 0 Å². The number of anilines is 2. The quantitative estimate of drug-likeness (QED) is 0.724. The van der Waals surface area contributed by atoms with E-state index in [0.29, 0.717) is 18.2 Å². The molecule has 3 aromatic rings. The van der Waals surface area contributed by atoms with Crippen molar-refractivity contribution in [3.63, 3.8) is 0 Å². The zero-order chi connectivity index (χ0) is 18.5. The molecule has 1 heterocycles. The summed E-state index contributed by atoms with van der Waals surface area (Å²) in [5, 5.41) is 6.05. The van der Waals surface area contributed by atoms with Gasteiger partial charge in [0.25, 0.3) is 5.91 Å². The second-order valence-electron chi connectivity index (χ2n) is 6.30. The van der Waals surface area contributed by atoms with Crippen LogP contribution in [0.3, 0.4) is 0 Å². The summed E-state index contributed by atoms with van der Waals surface area (Å²) in [4.78, 5) is 21.0. The van der Waals surface area contributed by atoms with E-state index in [0.717, 1.165) is 11.3 Å². The fourth-order valence-electron chi connectivity index (χ4n) is 2.57. The minimum atomic E-state index is -0.255. The Balaban J connectivity index is 1.69. The molecule has 5 heteroatoms. The molecule has 0 aliphatic rings. The van der Waals surface area contributed by atoms with Crippen molar-refractivity contribution in [1.29, 1.82) is 0 Å². The van der Waals surface area contributed by atoms with Gasteiger partial charge < -0.3 is 10.6 Å². The minimum Gasteiger partial charge on any atom is -0.350 e. The third kappa shape index (κ3) is 4.25. The predicted octanol–water partition coefficient (Wildman–Crippen LogP) is 4.27. The minimum absolute atomic E-state index is 0.255. The Kier molecular flexibility index (Phi) is 5.27. The average Bonchev–Trinajstić information content (AvgIpc) is 2.64. The Hall–Kier alpha value is -3.21. The fourth-order valence-corrected chi connectivity index (χ4v) is 2.57. The highest BCUT2D eigenvalue weighted by Gasteiger charge is 2.10. The van der Waals surface area contributed by atoms with Gasteiger partial charge in [0, 0.05) is 18.4 Å². The van der Waals surface area contributed by atoms with Crippen molar-refractivity contribution >= 4 is 17.5 Å². The van der Waals surface area contributed by atoms with Crippen LogP contribution in [0, 0.1) is 20.8 Å². The Bertz CT molecular complexity index is 937. The van der Waals surface area contributed by atoms with Gasteiger partial charge in [0.1, 0.15) is 5.69 Å². The monoisotopic (exact) mass is 346 g/mol. The van der Waals surface area contributed by atoms with Gasteiger partial charge >= 0.3 is 0 Å². The second-order valence-corrected chi connectivity index (χ2v) is 6.30. The lowest BCUT2D eigenvalue weighted by Gasteiger charge is -2.10. The van der Waals surface area contributed by atoms with Crippen LogP contribution in [0.25, 0.3) is 0 Å². The molecular weight excluding hydrogens is 324 g/mol. The lowest BCUT2D eigenvalue weighted by atomic mass is 10.1. The van der Waals surface area contributed by atoms with Gasteiger partial charge in [-0.2, -0.15) is 0 Å². The molecule has 26 heavy (non-hydrogen) atoms. The summed E-state index contributed by atoms with van der Waals surface area (Å²) in [6.07, 6.45) is 1.59. The summed E-state index contributed by atoms with van der Waals surface area (Å²) in [5.74, 6) is 0.176. The molecule has 2 aromatic carbocycles. The summed E-state index contributed by atoms with van der Waals surface area (Å²) >= 11 is 0. The molecule has 0 radical (unpaired) electrons. The van der Waals surface area contributed by atoms with Gasteiger partial charge in [-0.25, -0.2) is 9.97 Å². The molecule has 1 amide bonds. The summed E-state index contributed by atoms with van der Waals surface area (Å²) in [7, 11) is 0. The summed E-state index contributed by atoms with van der Waals surface area (Å²) in [6.45, 7) is 6.72. The molecule has 132 valence electrons. The van der Waals surface area contributed by atoms with Gasteiger partial charge in [-0.05, 0) is 61.2 Å². The number of aromatic nitrogens is 2. The molecular formula is C21H22N4O. The van der Waals surface area contributed by atoms with Crippen LogP contribution in [-0.4, -0.2) is 15.9 Å². The van der Waals surface area contributed by atoms with Crippen LogP contribution in [-0.2, 0) is 6.54 Å². The first-order valence-electron chi connectivity index (χ1n) is 8.53. The van der Waals surface area contributed by atoms with Gasteiger partial charge in [-0.15, -0.1) is 0 Å². The first-order chi connectivity index (χ1) is 12.5. The van der Waals surface area contributed by atoms with Crippen molar-refractivity contribution < 1.29 is 4.79 Å². The molecule has 0 atom stereocenters. The first kappa shape index (κ1) is 17.6. The highest BCUT2D eigenvalue weighted by Crippen LogP contribution is 2.15. The van der Waals surface area contributed by atoms with Gasteiger partial charge in [0.2, 0.25) is 5.95 Å². The summed E-state index contributed by atoms with van der Waals surface area (Å²) in [5.41, 5.74) is 5.76. The van der Waals surface area contributed by atoms with E-state index in [2.05, 4.69) is 39.7 Å². The largest absolute Gasteiger partial charge is 0.350 e. The Morgan fingerprint density at radius 3 is 2.54 bits per heavy atom. The standard InChI is InChI=1S/C21H22N4O/c1-14-8-9-18(12-16(14)3)24-20(26)19-10-11-22-21(25-19)23-13-17-7-5-4-6-15(17)2/h4-12H,13H2,1-3H3,(H,24,26)(H,22,23,25). The molecule has 0 bridgehead atoms. The molecule has 0 fully saturated rings. The lowest BCUT2D eigenvalue weighted by Crippen LogP contribution is -2.15. The first-order valence-corrected chi connectivity index (χ1v) is 8.53. The Morgan fingerprint density at radius 1 is 0.962 bits per heavy atom. The van der Waals surface area contributed by atoms with E-state index in [-0.39, 0.29) is 5.91 Å². The number of nitrogens with one attached hydrogen (secondary N) is 2. The number of nitrogens with zero attached hydrogens (tertiary/aromatic N) is 2. The van der Waals surface area contributed by atoms with E-state index in [1.807, 2.05) is 44.2 Å². The SMILES string of the molecule is Cc1ccc(NC(=O)c2ccnc(NCc3ccccc3C)n2)cc1C. The predicted molar refractivity (Wildman–Crippen MR) is 104 cm³/mol. The Labute approximate surface area is 153 Å². The van der Waals surface area contributed by atoms with Crippen LogP contribution in [0.15, 0.2) is 54.7 Å². The average molecular weight is 346 g/mol. The second kappa shape index (κ2) is 7.78. The molecule has 3 rings (SSSR count). The van der Waals surface area contributed by atoms with Crippen LogP contribution in [0.4, 0.5) is 11.6 Å². The number of hydrogen-bond acceptors (Lipinski definition) is 4. The molecule has 0 spiro atoms. The van der Waals surface area contributed by atoms with Gasteiger partial charge in [-0.3, -0.25) is 4.79 Å². The van der Waals surface area contributed by atoms with E-state index in [9.17, 15) is 4.79 Å². The number of carbonyl (C=O) groups is 1. The lowest BCUT2D eigenvalue weighted by molar-refractivity contribution is 0.102. The van der Waals surface area contributed by atoms with Crippen molar-refractivity contribution in [2.45, 2.75) is 27.3 Å². The molecule has 0 aliphatic carbocycles. The molecule has 0 saturated heterocycles. The van der Waals surface area contributed by atoms with Crippen LogP contribution in [0.2, 0.25) is 0 Å². The summed E-state index contributed by atoms with van der Waals surface area (Å²) < 4.78 is 0. The van der Waals surface area contributed by atoms with Crippen molar-refractivity contribution in [3.05, 3.63) is 82.7 Å².